The molecule has 2 nitrogen and oxygen atoms in total. The molecule has 26 heavy (non-hydrogen) atoms. The Hall–Kier alpha value is -0.790. The van der Waals surface area contributed by atoms with E-state index in [4.69, 9.17) is 5.11 Å². The molecule has 0 aliphatic heterocycles. The summed E-state index contributed by atoms with van der Waals surface area (Å²) in [6.45, 7) is 7.47. The second-order valence-corrected chi connectivity index (χ2v) is 10.7. The zero-order valence-corrected chi connectivity index (χ0v) is 17.0. The van der Waals surface area contributed by atoms with Crippen LogP contribution in [0, 0.1) is 46.3 Å². The lowest BCUT2D eigenvalue weighted by atomic mass is 9.44. The van der Waals surface area contributed by atoms with E-state index < -0.39 is 5.97 Å². The second kappa shape index (κ2) is 6.67. The molecule has 4 fully saturated rings. The number of rotatable bonds is 3. The summed E-state index contributed by atoms with van der Waals surface area (Å²) in [6.07, 6.45) is 17.7. The van der Waals surface area contributed by atoms with Crippen LogP contribution in [0.5, 0.6) is 0 Å². The third kappa shape index (κ3) is 2.78. The van der Waals surface area contributed by atoms with Gasteiger partial charge in [0.25, 0.3) is 0 Å². The van der Waals surface area contributed by atoms with E-state index in [1.54, 1.807) is 0 Å². The number of hydrogen-bond acceptors (Lipinski definition) is 1. The lowest BCUT2D eigenvalue weighted by Crippen LogP contribution is -2.53. The van der Waals surface area contributed by atoms with Gasteiger partial charge in [0.05, 0.1) is 0 Å². The molecule has 4 aliphatic rings. The van der Waals surface area contributed by atoms with Crippen LogP contribution in [0.25, 0.3) is 0 Å². The van der Waals surface area contributed by atoms with E-state index in [1.165, 1.54) is 70.3 Å². The van der Waals surface area contributed by atoms with Crippen LogP contribution >= 0.6 is 0 Å². The lowest BCUT2D eigenvalue weighted by Gasteiger charge is -2.60. The van der Waals surface area contributed by atoms with E-state index >= 15 is 0 Å². The highest BCUT2D eigenvalue weighted by molar-refractivity contribution is 5.79. The highest BCUT2D eigenvalue weighted by atomic mass is 16.4. The maximum Gasteiger partial charge on any atom is 0.327 e. The number of fused-ring (bicyclic) bond motifs is 5. The van der Waals surface area contributed by atoms with Crippen molar-refractivity contribution in [2.24, 2.45) is 46.3 Å². The van der Waals surface area contributed by atoms with E-state index in [0.717, 1.165) is 23.7 Å². The molecule has 0 unspecified atom stereocenters. The van der Waals surface area contributed by atoms with E-state index in [2.05, 4.69) is 20.8 Å². The van der Waals surface area contributed by atoms with Gasteiger partial charge < -0.3 is 5.11 Å². The van der Waals surface area contributed by atoms with Crippen molar-refractivity contribution in [3.63, 3.8) is 0 Å². The van der Waals surface area contributed by atoms with Crippen LogP contribution in [-0.2, 0) is 4.79 Å². The molecule has 0 radical (unpaired) electrons. The normalized spacial score (nSPS) is 49.3. The second-order valence-electron chi connectivity index (χ2n) is 10.7. The Morgan fingerprint density at radius 1 is 0.962 bits per heavy atom. The highest BCUT2D eigenvalue weighted by Crippen LogP contribution is 2.68. The van der Waals surface area contributed by atoms with Gasteiger partial charge in [-0.05, 0) is 97.7 Å². The predicted molar refractivity (Wildman–Crippen MR) is 106 cm³/mol. The first-order valence-corrected chi connectivity index (χ1v) is 11.3. The van der Waals surface area contributed by atoms with Crippen molar-refractivity contribution in [3.8, 4) is 0 Å². The Morgan fingerprint density at radius 2 is 1.73 bits per heavy atom. The quantitative estimate of drug-likeness (QED) is 0.600. The summed E-state index contributed by atoms with van der Waals surface area (Å²) in [5.41, 5.74) is 1.05. The molecule has 0 amide bonds. The van der Waals surface area contributed by atoms with Crippen LogP contribution in [0.1, 0.15) is 85.0 Å². The fraction of sp³-hybridized carbons (Fsp3) is 0.875. The molecule has 0 spiro atoms. The number of aliphatic carboxylic acids is 1. The Labute approximate surface area is 159 Å². The Balaban J connectivity index is 1.55. The standard InChI is InChI=1S/C24H38O2/c1-16(7-12-22(25)26)19-10-11-20-18-9-8-17-6-4-5-14-23(17,2)21(18)13-15-24(19,20)3/h7,12,16-21H,4-6,8-11,13-15H2,1-3H3,(H,25,26)/t16-,17+,18+,19-,20+,21+,23+,24-/m1/s1. The molecule has 0 aromatic carbocycles. The Kier molecular flexibility index (Phi) is 4.77. The molecule has 0 saturated heterocycles. The van der Waals surface area contributed by atoms with Crippen LogP contribution < -0.4 is 0 Å². The van der Waals surface area contributed by atoms with E-state index in [9.17, 15) is 4.79 Å². The molecule has 2 heteroatoms. The van der Waals surface area contributed by atoms with Gasteiger partial charge in [0.2, 0.25) is 0 Å². The van der Waals surface area contributed by atoms with E-state index in [1.807, 2.05) is 6.08 Å². The first-order chi connectivity index (χ1) is 12.4. The van der Waals surface area contributed by atoms with Crippen molar-refractivity contribution in [2.75, 3.05) is 0 Å². The molecular weight excluding hydrogens is 320 g/mol. The molecule has 0 heterocycles. The van der Waals surface area contributed by atoms with Gasteiger partial charge in [-0.1, -0.05) is 39.7 Å². The molecule has 146 valence electrons. The minimum atomic E-state index is -0.802. The maximum absolute atomic E-state index is 11.0. The number of carboxylic acids is 1. The zero-order valence-electron chi connectivity index (χ0n) is 17.0. The summed E-state index contributed by atoms with van der Waals surface area (Å²) in [5.74, 6) is 4.03. The molecular formula is C24H38O2. The molecule has 8 atom stereocenters. The first-order valence-electron chi connectivity index (χ1n) is 11.3. The number of carbonyl (C=O) groups is 1. The van der Waals surface area contributed by atoms with Crippen molar-refractivity contribution in [3.05, 3.63) is 12.2 Å². The average molecular weight is 359 g/mol. The molecule has 0 bridgehead atoms. The summed E-state index contributed by atoms with van der Waals surface area (Å²) >= 11 is 0. The summed E-state index contributed by atoms with van der Waals surface area (Å²) < 4.78 is 0. The molecule has 4 saturated carbocycles. The van der Waals surface area contributed by atoms with Crippen molar-refractivity contribution >= 4 is 5.97 Å². The summed E-state index contributed by atoms with van der Waals surface area (Å²) in [6, 6.07) is 0. The summed E-state index contributed by atoms with van der Waals surface area (Å²) in [5, 5.41) is 9.01. The van der Waals surface area contributed by atoms with Crippen LogP contribution in [0.3, 0.4) is 0 Å². The van der Waals surface area contributed by atoms with Gasteiger partial charge in [-0.2, -0.15) is 0 Å². The van der Waals surface area contributed by atoms with Gasteiger partial charge in [-0.15, -0.1) is 0 Å². The van der Waals surface area contributed by atoms with Gasteiger partial charge in [0.1, 0.15) is 0 Å². The van der Waals surface area contributed by atoms with Gasteiger partial charge in [0, 0.05) is 6.08 Å². The summed E-state index contributed by atoms with van der Waals surface area (Å²) in [7, 11) is 0. The monoisotopic (exact) mass is 358 g/mol. The fourth-order valence-electron chi connectivity index (χ4n) is 8.57. The Bertz CT molecular complexity index is 581. The van der Waals surface area contributed by atoms with Crippen molar-refractivity contribution in [1.29, 1.82) is 0 Å². The molecule has 1 N–H and O–H groups in total. The predicted octanol–water partition coefficient (Wildman–Crippen LogP) is 6.31. The maximum atomic E-state index is 11.0. The smallest absolute Gasteiger partial charge is 0.327 e. The number of hydrogen-bond donors (Lipinski definition) is 1. The SMILES string of the molecule is C[C@H](C=CC(=O)O)[C@H]1CC[C@H]2[C@@H]3CC[C@@H]4CCCC[C@]4(C)[C@H]3CC[C@]12C. The summed E-state index contributed by atoms with van der Waals surface area (Å²) in [4.78, 5) is 11.0. The number of allylic oxidation sites excluding steroid dienone is 1. The largest absolute Gasteiger partial charge is 0.478 e. The van der Waals surface area contributed by atoms with Gasteiger partial charge in [-0.25, -0.2) is 4.79 Å². The highest BCUT2D eigenvalue weighted by Gasteiger charge is 2.59. The minimum Gasteiger partial charge on any atom is -0.478 e. The van der Waals surface area contributed by atoms with Crippen molar-refractivity contribution in [2.45, 2.75) is 85.0 Å². The van der Waals surface area contributed by atoms with Crippen molar-refractivity contribution < 1.29 is 9.90 Å². The van der Waals surface area contributed by atoms with Crippen LogP contribution in [-0.4, -0.2) is 11.1 Å². The third-order valence-electron chi connectivity index (χ3n) is 9.83. The molecule has 4 aliphatic carbocycles. The van der Waals surface area contributed by atoms with Gasteiger partial charge >= 0.3 is 5.97 Å². The molecule has 0 aromatic heterocycles. The Morgan fingerprint density at radius 3 is 2.50 bits per heavy atom. The third-order valence-corrected chi connectivity index (χ3v) is 9.83. The first kappa shape index (κ1) is 18.6. The topological polar surface area (TPSA) is 37.3 Å². The molecule has 4 rings (SSSR count). The van der Waals surface area contributed by atoms with E-state index in [0.29, 0.717) is 22.7 Å². The lowest BCUT2D eigenvalue weighted by molar-refractivity contribution is -0.131. The molecule has 0 aromatic rings. The van der Waals surface area contributed by atoms with Crippen LogP contribution in [0.2, 0.25) is 0 Å². The minimum absolute atomic E-state index is 0.388. The number of carboxylic acid groups (broad SMARTS) is 1. The zero-order chi connectivity index (χ0) is 18.5. The van der Waals surface area contributed by atoms with E-state index in [-0.39, 0.29) is 0 Å². The van der Waals surface area contributed by atoms with Gasteiger partial charge in [-0.3, -0.25) is 0 Å². The van der Waals surface area contributed by atoms with Crippen LogP contribution in [0.15, 0.2) is 12.2 Å². The fourth-order valence-corrected chi connectivity index (χ4v) is 8.57. The van der Waals surface area contributed by atoms with Crippen LogP contribution in [0.4, 0.5) is 0 Å². The van der Waals surface area contributed by atoms with Gasteiger partial charge in [0.15, 0.2) is 0 Å². The average Bonchev–Trinajstić information content (AvgIpc) is 2.96. The van der Waals surface area contributed by atoms with Crippen molar-refractivity contribution in [1.82, 2.24) is 0 Å².